The number of halogens is 3. The molecule has 0 heterocycles. The fourth-order valence-corrected chi connectivity index (χ4v) is 2.46. The monoisotopic (exact) mass is 356 g/mol. The number of nitrogens with one attached hydrogen (secondary N) is 2. The van der Waals surface area contributed by atoms with Gasteiger partial charge in [-0.2, -0.15) is 8.78 Å². The maximum atomic E-state index is 12.2. The second kappa shape index (κ2) is 7.57. The Morgan fingerprint density at radius 1 is 1.13 bits per heavy atom. The van der Waals surface area contributed by atoms with Crippen molar-refractivity contribution >= 4 is 40.3 Å². The molecule has 0 unspecified atom stereocenters. The van der Waals surface area contributed by atoms with Crippen molar-refractivity contribution in [1.29, 1.82) is 0 Å². The molecule has 0 radical (unpaired) electrons. The van der Waals surface area contributed by atoms with Crippen LogP contribution < -0.4 is 15.4 Å². The van der Waals surface area contributed by atoms with Crippen LogP contribution in [0.15, 0.2) is 36.4 Å². The molecular formula is C16H15ClF2N2OS. The molecule has 0 aliphatic carbocycles. The van der Waals surface area contributed by atoms with Crippen molar-refractivity contribution in [3.63, 3.8) is 0 Å². The highest BCUT2D eigenvalue weighted by molar-refractivity contribution is 7.80. The molecule has 2 aromatic rings. The molecule has 0 aromatic heterocycles. The molecule has 2 aromatic carbocycles. The number of ether oxygens (including phenoxy) is 1. The second-order valence-corrected chi connectivity index (χ2v) is 5.74. The summed E-state index contributed by atoms with van der Waals surface area (Å²) in [5, 5.41) is 6.47. The Labute approximate surface area is 143 Å². The van der Waals surface area contributed by atoms with Gasteiger partial charge in [-0.3, -0.25) is 0 Å². The zero-order valence-electron chi connectivity index (χ0n) is 12.5. The molecule has 0 spiro atoms. The maximum Gasteiger partial charge on any atom is 0.387 e. The zero-order valence-corrected chi connectivity index (χ0v) is 14.1. The number of aryl methyl sites for hydroxylation is 2. The van der Waals surface area contributed by atoms with E-state index in [1.807, 2.05) is 32.0 Å². The fourth-order valence-electron chi connectivity index (χ4n) is 2.01. The Morgan fingerprint density at radius 2 is 1.87 bits per heavy atom. The largest absolute Gasteiger partial charge is 0.433 e. The molecule has 2 N–H and O–H groups in total. The highest BCUT2D eigenvalue weighted by atomic mass is 35.5. The van der Waals surface area contributed by atoms with E-state index in [2.05, 4.69) is 15.4 Å². The molecule has 0 aliphatic heterocycles. The van der Waals surface area contributed by atoms with Crippen molar-refractivity contribution in [3.8, 4) is 5.75 Å². The summed E-state index contributed by atoms with van der Waals surface area (Å²) in [6.07, 6.45) is 0. The number of hydrogen-bond acceptors (Lipinski definition) is 2. The van der Waals surface area contributed by atoms with Gasteiger partial charge in [0.1, 0.15) is 5.75 Å². The van der Waals surface area contributed by atoms with E-state index in [-0.39, 0.29) is 10.8 Å². The zero-order chi connectivity index (χ0) is 17.0. The summed E-state index contributed by atoms with van der Waals surface area (Å²) in [5.41, 5.74) is 3.68. The van der Waals surface area contributed by atoms with Crippen molar-refractivity contribution in [2.24, 2.45) is 0 Å². The highest BCUT2D eigenvalue weighted by Crippen LogP contribution is 2.29. The fraction of sp³-hybridized carbons (Fsp3) is 0.188. The Bertz CT molecular complexity index is 725. The van der Waals surface area contributed by atoms with Gasteiger partial charge >= 0.3 is 6.61 Å². The Hall–Kier alpha value is -1.92. The van der Waals surface area contributed by atoms with Crippen molar-refractivity contribution in [1.82, 2.24) is 0 Å². The van der Waals surface area contributed by atoms with Gasteiger partial charge in [0, 0.05) is 11.4 Å². The molecular weight excluding hydrogens is 342 g/mol. The van der Waals surface area contributed by atoms with E-state index in [1.165, 1.54) is 12.1 Å². The van der Waals surface area contributed by atoms with Crippen LogP contribution in [-0.2, 0) is 0 Å². The van der Waals surface area contributed by atoms with Crippen molar-refractivity contribution < 1.29 is 13.5 Å². The molecule has 0 aliphatic rings. The lowest BCUT2D eigenvalue weighted by Gasteiger charge is -2.14. The van der Waals surface area contributed by atoms with Gasteiger partial charge in [0.05, 0.1) is 5.02 Å². The van der Waals surface area contributed by atoms with E-state index in [9.17, 15) is 8.78 Å². The third kappa shape index (κ3) is 5.04. The van der Waals surface area contributed by atoms with Gasteiger partial charge in [-0.15, -0.1) is 0 Å². The average molecular weight is 357 g/mol. The summed E-state index contributed by atoms with van der Waals surface area (Å²) >= 11 is 11.1. The van der Waals surface area contributed by atoms with E-state index >= 15 is 0 Å². The predicted octanol–water partition coefficient (Wildman–Crippen LogP) is 5.37. The minimum atomic E-state index is -2.92. The van der Waals surface area contributed by atoms with Gasteiger partial charge in [-0.05, 0) is 55.9 Å². The van der Waals surface area contributed by atoms with Crippen molar-refractivity contribution in [3.05, 3.63) is 52.5 Å². The molecule has 0 saturated carbocycles. The standard InChI is InChI=1S/C16H15ClF2N2OS/c1-9-3-5-13(10(2)7-9)21-16(23)20-11-4-6-14(12(17)8-11)22-15(18)19/h3-8,15H,1-2H3,(H2,20,21,23). The van der Waals surface area contributed by atoms with Crippen molar-refractivity contribution in [2.75, 3.05) is 10.6 Å². The molecule has 0 fully saturated rings. The number of anilines is 2. The molecule has 0 bridgehead atoms. The van der Waals surface area contributed by atoms with Crippen LogP contribution in [0.5, 0.6) is 5.75 Å². The van der Waals surface area contributed by atoms with E-state index in [0.717, 1.165) is 16.8 Å². The number of thiocarbonyl (C=S) groups is 1. The van der Waals surface area contributed by atoms with Crippen LogP contribution in [-0.4, -0.2) is 11.7 Å². The number of hydrogen-bond donors (Lipinski definition) is 2. The minimum absolute atomic E-state index is 0.0737. The van der Waals surface area contributed by atoms with Crippen molar-refractivity contribution in [2.45, 2.75) is 20.5 Å². The molecule has 0 amide bonds. The second-order valence-electron chi connectivity index (χ2n) is 4.92. The molecule has 0 saturated heterocycles. The first-order chi connectivity index (χ1) is 10.8. The van der Waals surface area contributed by atoms with Crippen LogP contribution in [0.1, 0.15) is 11.1 Å². The van der Waals surface area contributed by atoms with Crippen LogP contribution in [0, 0.1) is 13.8 Å². The summed E-state index contributed by atoms with van der Waals surface area (Å²) < 4.78 is 28.7. The van der Waals surface area contributed by atoms with Crippen LogP contribution in [0.4, 0.5) is 20.2 Å². The van der Waals surface area contributed by atoms with Gasteiger partial charge in [0.25, 0.3) is 0 Å². The molecule has 3 nitrogen and oxygen atoms in total. The van der Waals surface area contributed by atoms with Gasteiger partial charge in [0.2, 0.25) is 0 Å². The smallest absolute Gasteiger partial charge is 0.387 e. The first kappa shape index (κ1) is 17.4. The predicted molar refractivity (Wildman–Crippen MR) is 93.8 cm³/mol. The Balaban J connectivity index is 2.04. The first-order valence-electron chi connectivity index (χ1n) is 6.75. The van der Waals surface area contributed by atoms with Crippen LogP contribution >= 0.6 is 23.8 Å². The van der Waals surface area contributed by atoms with E-state index in [0.29, 0.717) is 10.8 Å². The molecule has 7 heteroatoms. The topological polar surface area (TPSA) is 33.3 Å². The van der Waals surface area contributed by atoms with Gasteiger partial charge < -0.3 is 15.4 Å². The molecule has 122 valence electrons. The Morgan fingerprint density at radius 3 is 2.48 bits per heavy atom. The number of benzene rings is 2. The minimum Gasteiger partial charge on any atom is -0.433 e. The quantitative estimate of drug-likeness (QED) is 0.722. The lowest BCUT2D eigenvalue weighted by molar-refractivity contribution is -0.0497. The molecule has 23 heavy (non-hydrogen) atoms. The van der Waals surface area contributed by atoms with Crippen LogP contribution in [0.2, 0.25) is 5.02 Å². The van der Waals surface area contributed by atoms with E-state index in [1.54, 1.807) is 6.07 Å². The average Bonchev–Trinajstić information content (AvgIpc) is 2.44. The normalized spacial score (nSPS) is 10.5. The third-order valence-electron chi connectivity index (χ3n) is 3.04. The highest BCUT2D eigenvalue weighted by Gasteiger charge is 2.10. The summed E-state index contributed by atoms with van der Waals surface area (Å²) in [4.78, 5) is 0. The van der Waals surface area contributed by atoms with Gasteiger partial charge in [-0.1, -0.05) is 29.3 Å². The third-order valence-corrected chi connectivity index (χ3v) is 3.54. The summed E-state index contributed by atoms with van der Waals surface area (Å²) in [5.74, 6) is -0.0829. The van der Waals surface area contributed by atoms with E-state index in [4.69, 9.17) is 23.8 Å². The lowest BCUT2D eigenvalue weighted by atomic mass is 10.1. The maximum absolute atomic E-state index is 12.2. The van der Waals surface area contributed by atoms with Gasteiger partial charge in [0.15, 0.2) is 5.11 Å². The summed E-state index contributed by atoms with van der Waals surface area (Å²) in [6, 6.07) is 10.3. The lowest BCUT2D eigenvalue weighted by Crippen LogP contribution is -2.19. The van der Waals surface area contributed by atoms with Crippen LogP contribution in [0.25, 0.3) is 0 Å². The van der Waals surface area contributed by atoms with E-state index < -0.39 is 6.61 Å². The number of rotatable bonds is 4. The van der Waals surface area contributed by atoms with Crippen LogP contribution in [0.3, 0.4) is 0 Å². The number of alkyl halides is 2. The molecule has 2 rings (SSSR count). The SMILES string of the molecule is Cc1ccc(NC(=S)Nc2ccc(OC(F)F)c(Cl)c2)c(C)c1. The van der Waals surface area contributed by atoms with Gasteiger partial charge in [-0.25, -0.2) is 0 Å². The summed E-state index contributed by atoms with van der Waals surface area (Å²) in [6.45, 7) is 1.07. The summed E-state index contributed by atoms with van der Waals surface area (Å²) in [7, 11) is 0. The Kier molecular flexibility index (Phi) is 5.74. The first-order valence-corrected chi connectivity index (χ1v) is 7.53. The molecule has 0 atom stereocenters.